The average Bonchev–Trinajstić information content (AvgIpc) is 3.16. The molecule has 0 N–H and O–H groups in total. The van der Waals surface area contributed by atoms with Gasteiger partial charge in [0.1, 0.15) is 15.5 Å². The van der Waals surface area contributed by atoms with Crippen LogP contribution in [0.3, 0.4) is 0 Å². The van der Waals surface area contributed by atoms with Crippen molar-refractivity contribution in [3.8, 4) is 5.75 Å². The summed E-state index contributed by atoms with van der Waals surface area (Å²) >= 11 is 1.31. The predicted molar refractivity (Wildman–Crippen MR) is 95.5 cm³/mol. The van der Waals surface area contributed by atoms with Gasteiger partial charge in [0.05, 0.1) is 12.8 Å². The van der Waals surface area contributed by atoms with Gasteiger partial charge in [-0.3, -0.25) is 9.48 Å². The molecule has 0 spiro atoms. The first-order valence-electron chi connectivity index (χ1n) is 7.73. The number of esters is 1. The zero-order valence-corrected chi connectivity index (χ0v) is 15.2. The Morgan fingerprint density at radius 3 is 2.52 bits per heavy atom. The quantitative estimate of drug-likeness (QED) is 0.516. The van der Waals surface area contributed by atoms with Crippen molar-refractivity contribution >= 4 is 33.3 Å². The zero-order chi connectivity index (χ0) is 18.1. The lowest BCUT2D eigenvalue weighted by atomic mass is 10.1. The summed E-state index contributed by atoms with van der Waals surface area (Å²) in [4.78, 5) is 26.1. The van der Waals surface area contributed by atoms with Crippen LogP contribution in [0.2, 0.25) is 0 Å². The fraction of sp³-hybridized carbons (Fsp3) is 0.278. The Morgan fingerprint density at radius 1 is 1.24 bits per heavy atom. The van der Waals surface area contributed by atoms with Crippen LogP contribution in [-0.2, 0) is 11.8 Å². The Balaban J connectivity index is 1.74. The maximum Gasteiger partial charge on any atom is 0.349 e. The molecule has 0 aliphatic heterocycles. The molecule has 3 rings (SSSR count). The monoisotopic (exact) mass is 358 g/mol. The Kier molecular flexibility index (Phi) is 4.59. The van der Waals surface area contributed by atoms with E-state index >= 15 is 0 Å². The first kappa shape index (κ1) is 17.2. The van der Waals surface area contributed by atoms with Gasteiger partial charge in [-0.05, 0) is 44.2 Å². The highest BCUT2D eigenvalue weighted by atomic mass is 32.1. The molecule has 130 valence electrons. The Labute approximate surface area is 149 Å². The van der Waals surface area contributed by atoms with Gasteiger partial charge in [0.15, 0.2) is 6.10 Å². The van der Waals surface area contributed by atoms with E-state index in [0.29, 0.717) is 16.2 Å². The average molecular weight is 358 g/mol. The molecule has 1 unspecified atom stereocenters. The van der Waals surface area contributed by atoms with Crippen molar-refractivity contribution in [3.63, 3.8) is 0 Å². The molecule has 0 aliphatic rings. The highest BCUT2D eigenvalue weighted by molar-refractivity contribution is 7.20. The van der Waals surface area contributed by atoms with Gasteiger partial charge in [-0.2, -0.15) is 5.10 Å². The lowest BCUT2D eigenvalue weighted by Gasteiger charge is -2.12. The van der Waals surface area contributed by atoms with Gasteiger partial charge < -0.3 is 9.47 Å². The largest absolute Gasteiger partial charge is 0.497 e. The van der Waals surface area contributed by atoms with Crippen LogP contribution >= 0.6 is 11.3 Å². The number of Topliss-reactive ketones (excluding diaryl/α,β-unsaturated/α-hetero) is 1. The number of nitrogens with zero attached hydrogens (tertiary/aromatic N) is 2. The van der Waals surface area contributed by atoms with Gasteiger partial charge >= 0.3 is 5.97 Å². The lowest BCUT2D eigenvalue weighted by Crippen LogP contribution is -2.24. The summed E-state index contributed by atoms with van der Waals surface area (Å²) in [5.74, 6) is -0.0969. The molecule has 6 nitrogen and oxygen atoms in total. The number of aromatic nitrogens is 2. The number of fused-ring (bicyclic) bond motifs is 1. The van der Waals surface area contributed by atoms with E-state index in [1.54, 1.807) is 49.0 Å². The Bertz CT molecular complexity index is 906. The number of carbonyl (C=O) groups is 2. The maximum atomic E-state index is 12.4. The minimum absolute atomic E-state index is 0.255. The summed E-state index contributed by atoms with van der Waals surface area (Å²) in [6, 6.07) is 8.46. The van der Waals surface area contributed by atoms with Crippen LogP contribution in [0.15, 0.2) is 30.3 Å². The number of hydrogen-bond donors (Lipinski definition) is 0. The summed E-state index contributed by atoms with van der Waals surface area (Å²) < 4.78 is 12.2. The fourth-order valence-corrected chi connectivity index (χ4v) is 3.57. The molecule has 0 saturated carbocycles. The fourth-order valence-electron chi connectivity index (χ4n) is 2.57. The number of hydrogen-bond acceptors (Lipinski definition) is 6. The van der Waals surface area contributed by atoms with Gasteiger partial charge in [-0.25, -0.2) is 4.79 Å². The molecular formula is C18H18N2O4S. The van der Waals surface area contributed by atoms with Crippen LogP contribution in [0.4, 0.5) is 0 Å². The van der Waals surface area contributed by atoms with Crippen molar-refractivity contribution in [1.82, 2.24) is 9.78 Å². The second-order valence-corrected chi connectivity index (χ2v) is 6.71. The minimum atomic E-state index is -0.870. The van der Waals surface area contributed by atoms with Crippen molar-refractivity contribution in [3.05, 3.63) is 46.5 Å². The molecule has 3 aromatic rings. The molecule has 2 aromatic heterocycles. The van der Waals surface area contributed by atoms with Crippen LogP contribution < -0.4 is 4.74 Å². The van der Waals surface area contributed by atoms with Crippen molar-refractivity contribution in [2.24, 2.45) is 7.05 Å². The van der Waals surface area contributed by atoms with E-state index < -0.39 is 12.1 Å². The summed E-state index contributed by atoms with van der Waals surface area (Å²) in [6.07, 6.45) is -0.870. The first-order chi connectivity index (χ1) is 11.9. The van der Waals surface area contributed by atoms with E-state index in [9.17, 15) is 9.59 Å². The maximum absolute atomic E-state index is 12.4. The molecule has 0 saturated heterocycles. The van der Waals surface area contributed by atoms with Crippen molar-refractivity contribution < 1.29 is 19.1 Å². The molecule has 25 heavy (non-hydrogen) atoms. The smallest absolute Gasteiger partial charge is 0.349 e. The van der Waals surface area contributed by atoms with Gasteiger partial charge in [0.25, 0.3) is 0 Å². The van der Waals surface area contributed by atoms with Crippen molar-refractivity contribution in [2.75, 3.05) is 7.11 Å². The van der Waals surface area contributed by atoms with Gasteiger partial charge in [-0.1, -0.05) is 0 Å². The summed E-state index contributed by atoms with van der Waals surface area (Å²) in [5.41, 5.74) is 1.33. The summed E-state index contributed by atoms with van der Waals surface area (Å²) in [5, 5.41) is 5.23. The van der Waals surface area contributed by atoms with Crippen LogP contribution in [0.5, 0.6) is 5.75 Å². The Morgan fingerprint density at radius 2 is 1.92 bits per heavy atom. The number of thiophene rings is 1. The summed E-state index contributed by atoms with van der Waals surface area (Å²) in [7, 11) is 3.39. The summed E-state index contributed by atoms with van der Waals surface area (Å²) in [6.45, 7) is 3.46. The zero-order valence-electron chi connectivity index (χ0n) is 14.4. The number of aryl methyl sites for hydroxylation is 2. The molecule has 0 radical (unpaired) electrons. The number of ketones is 1. The lowest BCUT2D eigenvalue weighted by molar-refractivity contribution is 0.0323. The second kappa shape index (κ2) is 6.68. The van der Waals surface area contributed by atoms with E-state index in [0.717, 1.165) is 15.9 Å². The van der Waals surface area contributed by atoms with Crippen molar-refractivity contribution in [2.45, 2.75) is 20.0 Å². The van der Waals surface area contributed by atoms with E-state index in [-0.39, 0.29) is 5.78 Å². The van der Waals surface area contributed by atoms with Crippen LogP contribution in [0.25, 0.3) is 10.2 Å². The molecule has 0 fully saturated rings. The number of rotatable bonds is 5. The number of ether oxygens (including phenoxy) is 2. The highest BCUT2D eigenvalue weighted by Crippen LogP contribution is 2.28. The van der Waals surface area contributed by atoms with Gasteiger partial charge in [0, 0.05) is 18.0 Å². The van der Waals surface area contributed by atoms with E-state index in [2.05, 4.69) is 5.10 Å². The molecule has 0 aliphatic carbocycles. The molecular weight excluding hydrogens is 340 g/mol. The van der Waals surface area contributed by atoms with Gasteiger partial charge in [-0.15, -0.1) is 11.3 Å². The van der Waals surface area contributed by atoms with Crippen LogP contribution in [0.1, 0.15) is 32.6 Å². The van der Waals surface area contributed by atoms with Gasteiger partial charge in [0.2, 0.25) is 5.78 Å². The molecule has 0 bridgehead atoms. The highest BCUT2D eigenvalue weighted by Gasteiger charge is 2.22. The van der Waals surface area contributed by atoms with E-state index in [1.165, 1.54) is 11.3 Å². The normalized spacial score (nSPS) is 12.2. The molecule has 2 heterocycles. The first-order valence-corrected chi connectivity index (χ1v) is 8.54. The molecule has 7 heteroatoms. The molecule has 1 aromatic carbocycles. The molecule has 0 amide bonds. The minimum Gasteiger partial charge on any atom is -0.497 e. The van der Waals surface area contributed by atoms with Crippen LogP contribution in [-0.4, -0.2) is 34.7 Å². The number of methoxy groups -OCH3 is 1. The van der Waals surface area contributed by atoms with E-state index in [4.69, 9.17) is 9.47 Å². The van der Waals surface area contributed by atoms with Crippen LogP contribution in [0, 0.1) is 6.92 Å². The second-order valence-electron chi connectivity index (χ2n) is 5.68. The number of benzene rings is 1. The number of carbonyl (C=O) groups excluding carboxylic acids is 2. The SMILES string of the molecule is COc1ccc(C(=O)C(C)OC(=O)c2cc3c(C)nn(C)c3s2)cc1. The third kappa shape index (κ3) is 3.28. The van der Waals surface area contributed by atoms with E-state index in [1.807, 2.05) is 14.0 Å². The molecule has 1 atom stereocenters. The third-order valence-electron chi connectivity index (χ3n) is 3.92. The topological polar surface area (TPSA) is 70.4 Å². The van der Waals surface area contributed by atoms with Crippen molar-refractivity contribution in [1.29, 1.82) is 0 Å². The standard InChI is InChI=1S/C18H18N2O4S/c1-10-14-9-15(25-17(14)20(3)19-10)18(22)24-11(2)16(21)12-5-7-13(23-4)8-6-12/h5-9,11H,1-4H3. The Hall–Kier alpha value is -2.67. The predicted octanol–water partition coefficient (Wildman–Crippen LogP) is 3.38. The third-order valence-corrected chi connectivity index (χ3v) is 5.11.